The first-order valence-electron chi connectivity index (χ1n) is 4.47. The van der Waals surface area contributed by atoms with Gasteiger partial charge in [-0.05, 0) is 33.8 Å². The maximum absolute atomic E-state index is 6.41. The molecule has 4 heteroatoms. The van der Waals surface area contributed by atoms with Crippen LogP contribution in [0.15, 0.2) is 9.85 Å². The maximum atomic E-state index is 6.41. The summed E-state index contributed by atoms with van der Waals surface area (Å²) in [4.78, 5) is 1.13. The molecule has 0 spiro atoms. The van der Waals surface area contributed by atoms with Crippen LogP contribution in [-0.2, 0) is 0 Å². The standard InChI is InChI=1S/C10H13BrCl2S/c1-4-10(2,3)8(13)7-5-6(12)9(11)14-7/h5,8H,4H2,1-3H3. The number of hydrogen-bond acceptors (Lipinski definition) is 1. The van der Waals surface area contributed by atoms with E-state index >= 15 is 0 Å². The van der Waals surface area contributed by atoms with Gasteiger partial charge in [0.05, 0.1) is 14.2 Å². The molecule has 0 aromatic carbocycles. The molecule has 1 atom stereocenters. The number of rotatable bonds is 3. The summed E-state index contributed by atoms with van der Waals surface area (Å²) in [5.74, 6) is 0. The van der Waals surface area contributed by atoms with E-state index in [1.54, 1.807) is 11.3 Å². The molecule has 0 aliphatic carbocycles. The van der Waals surface area contributed by atoms with Crippen LogP contribution in [0.3, 0.4) is 0 Å². The van der Waals surface area contributed by atoms with Crippen molar-refractivity contribution in [2.75, 3.05) is 0 Å². The zero-order valence-electron chi connectivity index (χ0n) is 8.40. The third-order valence-corrected chi connectivity index (χ3v) is 6.01. The lowest BCUT2D eigenvalue weighted by atomic mass is 9.85. The first-order valence-corrected chi connectivity index (χ1v) is 6.89. The molecular weight excluding hydrogens is 303 g/mol. The summed E-state index contributed by atoms with van der Waals surface area (Å²) in [7, 11) is 0. The zero-order valence-corrected chi connectivity index (χ0v) is 12.3. The van der Waals surface area contributed by atoms with Crippen LogP contribution in [0.25, 0.3) is 0 Å². The molecule has 0 aliphatic heterocycles. The summed E-state index contributed by atoms with van der Waals surface area (Å²) in [5.41, 5.74) is 0.106. The highest BCUT2D eigenvalue weighted by molar-refractivity contribution is 9.11. The fourth-order valence-corrected chi connectivity index (χ4v) is 3.34. The second-order valence-corrected chi connectivity index (χ2v) is 7.22. The summed E-state index contributed by atoms with van der Waals surface area (Å²) in [6.45, 7) is 6.50. The van der Waals surface area contributed by atoms with E-state index in [1.807, 2.05) is 6.07 Å². The van der Waals surface area contributed by atoms with Crippen molar-refractivity contribution in [3.05, 3.63) is 19.8 Å². The van der Waals surface area contributed by atoms with Gasteiger partial charge in [-0.3, -0.25) is 0 Å². The topological polar surface area (TPSA) is 0 Å². The molecule has 1 aromatic heterocycles. The van der Waals surface area contributed by atoms with Crippen molar-refractivity contribution in [2.45, 2.75) is 32.6 Å². The van der Waals surface area contributed by atoms with Crippen molar-refractivity contribution >= 4 is 50.5 Å². The fourth-order valence-electron chi connectivity index (χ4n) is 1.05. The average molecular weight is 316 g/mol. The molecule has 0 aliphatic rings. The van der Waals surface area contributed by atoms with Gasteiger partial charge in [-0.15, -0.1) is 22.9 Å². The molecule has 1 rings (SSSR count). The van der Waals surface area contributed by atoms with E-state index in [4.69, 9.17) is 23.2 Å². The van der Waals surface area contributed by atoms with E-state index < -0.39 is 0 Å². The molecule has 0 fully saturated rings. The van der Waals surface area contributed by atoms with Crippen LogP contribution in [0.4, 0.5) is 0 Å². The minimum Gasteiger partial charge on any atom is -0.130 e. The van der Waals surface area contributed by atoms with Crippen LogP contribution in [-0.4, -0.2) is 0 Å². The molecule has 0 bridgehead atoms. The highest BCUT2D eigenvalue weighted by atomic mass is 79.9. The first kappa shape index (κ1) is 12.8. The van der Waals surface area contributed by atoms with Crippen molar-refractivity contribution < 1.29 is 0 Å². The van der Waals surface area contributed by atoms with Gasteiger partial charge in [0.1, 0.15) is 0 Å². The Morgan fingerprint density at radius 1 is 1.57 bits per heavy atom. The second kappa shape index (κ2) is 4.73. The Kier molecular flexibility index (Phi) is 4.34. The van der Waals surface area contributed by atoms with Gasteiger partial charge in [0.25, 0.3) is 0 Å². The van der Waals surface area contributed by atoms with Crippen LogP contribution in [0, 0.1) is 5.41 Å². The van der Waals surface area contributed by atoms with Crippen molar-refractivity contribution in [3.63, 3.8) is 0 Å². The zero-order chi connectivity index (χ0) is 10.9. The number of hydrogen-bond donors (Lipinski definition) is 0. The predicted octanol–water partition coefficient (Wildman–Crippen LogP) is 5.88. The Hall–Kier alpha value is 0.760. The molecule has 1 heterocycles. The Labute approximate surface area is 108 Å². The largest absolute Gasteiger partial charge is 0.130 e. The molecule has 0 nitrogen and oxygen atoms in total. The van der Waals surface area contributed by atoms with Crippen LogP contribution in [0.1, 0.15) is 37.4 Å². The van der Waals surface area contributed by atoms with Gasteiger partial charge >= 0.3 is 0 Å². The lowest BCUT2D eigenvalue weighted by Crippen LogP contribution is -2.15. The third kappa shape index (κ3) is 2.66. The molecule has 1 unspecified atom stereocenters. The molecule has 0 N–H and O–H groups in total. The summed E-state index contributed by atoms with van der Waals surface area (Å²) in [6, 6.07) is 1.95. The summed E-state index contributed by atoms with van der Waals surface area (Å²) in [6.07, 6.45) is 1.05. The van der Waals surface area contributed by atoms with E-state index in [2.05, 4.69) is 36.7 Å². The van der Waals surface area contributed by atoms with Crippen molar-refractivity contribution in [3.8, 4) is 0 Å². The summed E-state index contributed by atoms with van der Waals surface area (Å²) >= 11 is 17.4. The molecule has 0 saturated carbocycles. The van der Waals surface area contributed by atoms with Crippen LogP contribution in [0.5, 0.6) is 0 Å². The SMILES string of the molecule is CCC(C)(C)C(Cl)c1cc(Cl)c(Br)s1. The van der Waals surface area contributed by atoms with Gasteiger partial charge in [-0.1, -0.05) is 32.4 Å². The monoisotopic (exact) mass is 314 g/mol. The molecular formula is C10H13BrCl2S. The van der Waals surface area contributed by atoms with Gasteiger partial charge in [-0.2, -0.15) is 0 Å². The minimum atomic E-state index is 0.0290. The highest BCUT2D eigenvalue weighted by Crippen LogP contribution is 2.46. The Morgan fingerprint density at radius 3 is 2.50 bits per heavy atom. The Morgan fingerprint density at radius 2 is 2.14 bits per heavy atom. The number of thiophene rings is 1. The molecule has 80 valence electrons. The fraction of sp³-hybridized carbons (Fsp3) is 0.600. The van der Waals surface area contributed by atoms with E-state index in [9.17, 15) is 0 Å². The molecule has 0 radical (unpaired) electrons. The second-order valence-electron chi connectivity index (χ2n) is 3.98. The van der Waals surface area contributed by atoms with Crippen molar-refractivity contribution in [1.82, 2.24) is 0 Å². The molecule has 0 amide bonds. The normalized spacial score (nSPS) is 14.4. The summed E-state index contributed by atoms with van der Waals surface area (Å²) < 4.78 is 0.965. The van der Waals surface area contributed by atoms with Crippen LogP contribution in [0.2, 0.25) is 5.02 Å². The molecule has 14 heavy (non-hydrogen) atoms. The smallest absolute Gasteiger partial charge is 0.0887 e. The van der Waals surface area contributed by atoms with Gasteiger partial charge < -0.3 is 0 Å². The molecule has 0 saturated heterocycles. The van der Waals surface area contributed by atoms with Crippen LogP contribution < -0.4 is 0 Å². The number of halogens is 3. The average Bonchev–Trinajstić information content (AvgIpc) is 2.45. The van der Waals surface area contributed by atoms with Gasteiger partial charge in [-0.25, -0.2) is 0 Å². The minimum absolute atomic E-state index is 0.0290. The van der Waals surface area contributed by atoms with Crippen LogP contribution >= 0.6 is 50.5 Å². The van der Waals surface area contributed by atoms with Gasteiger partial charge in [0.2, 0.25) is 0 Å². The molecule has 1 aromatic rings. The lowest BCUT2D eigenvalue weighted by Gasteiger charge is -2.27. The van der Waals surface area contributed by atoms with Crippen molar-refractivity contribution in [2.24, 2.45) is 5.41 Å². The van der Waals surface area contributed by atoms with E-state index in [0.717, 1.165) is 20.1 Å². The lowest BCUT2D eigenvalue weighted by molar-refractivity contribution is 0.339. The van der Waals surface area contributed by atoms with Crippen molar-refractivity contribution in [1.29, 1.82) is 0 Å². The quantitative estimate of drug-likeness (QED) is 0.611. The Bertz CT molecular complexity index is 300. The third-order valence-electron chi connectivity index (χ3n) is 2.51. The van der Waals surface area contributed by atoms with E-state index in [1.165, 1.54) is 0 Å². The van der Waals surface area contributed by atoms with E-state index in [0.29, 0.717) is 0 Å². The van der Waals surface area contributed by atoms with Gasteiger partial charge in [0, 0.05) is 4.88 Å². The van der Waals surface area contributed by atoms with Gasteiger partial charge in [0.15, 0.2) is 0 Å². The maximum Gasteiger partial charge on any atom is 0.0887 e. The highest BCUT2D eigenvalue weighted by Gasteiger charge is 2.29. The first-order chi connectivity index (χ1) is 6.38. The summed E-state index contributed by atoms with van der Waals surface area (Å²) in [5, 5.41) is 0.781. The van der Waals surface area contributed by atoms with E-state index in [-0.39, 0.29) is 10.8 Å². The number of alkyl halides is 1. The predicted molar refractivity (Wildman–Crippen MR) is 69.7 cm³/mol. The Balaban J connectivity index is 2.94.